The van der Waals surface area contributed by atoms with E-state index in [1.165, 1.54) is 12.1 Å². The van der Waals surface area contributed by atoms with Crippen LogP contribution in [0.25, 0.3) is 0 Å². The topological polar surface area (TPSA) is 48.0 Å². The Morgan fingerprint density at radius 2 is 1.75 bits per heavy atom. The molecular formula is C24H26F3NO4. The molecule has 2 aliphatic rings. The number of aryl methyl sites for hydroxylation is 1. The molecule has 0 atom stereocenters. The Balaban J connectivity index is 1.34. The second kappa shape index (κ2) is 8.75. The predicted octanol–water partition coefficient (Wildman–Crippen LogP) is 4.57. The van der Waals surface area contributed by atoms with Crippen LogP contribution in [0.1, 0.15) is 39.9 Å². The lowest BCUT2D eigenvalue weighted by atomic mass is 9.87. The Kier molecular flexibility index (Phi) is 6.18. The molecule has 0 aliphatic carbocycles. The molecule has 0 saturated carbocycles. The number of amides is 1. The van der Waals surface area contributed by atoms with Crippen LogP contribution in [0.3, 0.4) is 0 Å². The second-order valence-electron chi connectivity index (χ2n) is 8.35. The summed E-state index contributed by atoms with van der Waals surface area (Å²) < 4.78 is 54.9. The Labute approximate surface area is 185 Å². The second-order valence-corrected chi connectivity index (χ2v) is 8.35. The molecule has 4 rings (SSSR count). The van der Waals surface area contributed by atoms with Gasteiger partial charge in [-0.3, -0.25) is 4.79 Å². The number of benzene rings is 2. The van der Waals surface area contributed by atoms with Crippen molar-refractivity contribution in [2.75, 3.05) is 33.4 Å². The average molecular weight is 449 g/mol. The van der Waals surface area contributed by atoms with Gasteiger partial charge in [0, 0.05) is 38.6 Å². The number of nitrogens with zero attached hydrogens (tertiary/aromatic N) is 1. The van der Waals surface area contributed by atoms with Crippen molar-refractivity contribution in [1.82, 2.24) is 4.90 Å². The van der Waals surface area contributed by atoms with Gasteiger partial charge < -0.3 is 19.1 Å². The molecule has 5 nitrogen and oxygen atoms in total. The van der Waals surface area contributed by atoms with Crippen molar-refractivity contribution in [3.8, 4) is 5.75 Å². The van der Waals surface area contributed by atoms with Crippen molar-refractivity contribution in [2.45, 2.75) is 37.6 Å². The van der Waals surface area contributed by atoms with Gasteiger partial charge in [-0.25, -0.2) is 0 Å². The molecule has 2 heterocycles. The lowest BCUT2D eigenvalue weighted by Crippen LogP contribution is -2.48. The van der Waals surface area contributed by atoms with Gasteiger partial charge in [0.15, 0.2) is 0 Å². The van der Waals surface area contributed by atoms with Gasteiger partial charge in [-0.2, -0.15) is 13.2 Å². The van der Waals surface area contributed by atoms with E-state index in [1.807, 2.05) is 25.1 Å². The van der Waals surface area contributed by atoms with Gasteiger partial charge in [-0.1, -0.05) is 6.07 Å². The summed E-state index contributed by atoms with van der Waals surface area (Å²) >= 11 is 0. The largest absolute Gasteiger partial charge is 0.490 e. The van der Waals surface area contributed by atoms with Crippen molar-refractivity contribution < 1.29 is 32.2 Å². The minimum Gasteiger partial charge on any atom is -0.490 e. The molecule has 2 aromatic carbocycles. The molecule has 0 unspecified atom stereocenters. The van der Waals surface area contributed by atoms with Gasteiger partial charge in [-0.15, -0.1) is 0 Å². The highest BCUT2D eigenvalue weighted by Crippen LogP contribution is 2.35. The monoisotopic (exact) mass is 449 g/mol. The van der Waals surface area contributed by atoms with E-state index < -0.39 is 17.3 Å². The van der Waals surface area contributed by atoms with Gasteiger partial charge in [-0.05, 0) is 54.4 Å². The van der Waals surface area contributed by atoms with Crippen LogP contribution in [0.15, 0.2) is 42.5 Å². The Bertz CT molecular complexity index is 957. The smallest absolute Gasteiger partial charge is 0.416 e. The number of hydrogen-bond donors (Lipinski definition) is 0. The fourth-order valence-electron chi connectivity index (χ4n) is 4.25. The number of carbonyl (C=O) groups excluding carboxylic acids is 1. The van der Waals surface area contributed by atoms with Gasteiger partial charge in [0.1, 0.15) is 17.5 Å². The Morgan fingerprint density at radius 3 is 2.25 bits per heavy atom. The molecular weight excluding hydrogens is 423 g/mol. The summed E-state index contributed by atoms with van der Waals surface area (Å²) in [5, 5.41) is 0. The quantitative estimate of drug-likeness (QED) is 0.671. The fraction of sp³-hybridized carbons (Fsp3) is 0.458. The van der Waals surface area contributed by atoms with Crippen LogP contribution in [-0.4, -0.2) is 50.3 Å². The first-order valence-corrected chi connectivity index (χ1v) is 10.6. The zero-order valence-corrected chi connectivity index (χ0v) is 18.1. The third-order valence-electron chi connectivity index (χ3n) is 6.24. The number of methoxy groups -OCH3 is 1. The third kappa shape index (κ3) is 4.47. The minimum atomic E-state index is -4.36. The predicted molar refractivity (Wildman–Crippen MR) is 112 cm³/mol. The minimum absolute atomic E-state index is 0.0380. The molecule has 32 heavy (non-hydrogen) atoms. The number of hydrogen-bond acceptors (Lipinski definition) is 4. The number of rotatable bonds is 5. The highest BCUT2D eigenvalue weighted by Gasteiger charge is 2.41. The summed E-state index contributed by atoms with van der Waals surface area (Å²) in [6, 6.07) is 10.4. The first kappa shape index (κ1) is 22.6. The van der Waals surface area contributed by atoms with E-state index in [2.05, 4.69) is 0 Å². The zero-order valence-electron chi connectivity index (χ0n) is 18.1. The maximum absolute atomic E-state index is 13.0. The van der Waals surface area contributed by atoms with Crippen LogP contribution in [0.4, 0.5) is 13.2 Å². The zero-order chi connectivity index (χ0) is 22.9. The molecule has 0 N–H and O–H groups in total. The maximum atomic E-state index is 13.0. The van der Waals surface area contributed by atoms with Crippen molar-refractivity contribution in [2.24, 2.45) is 0 Å². The van der Waals surface area contributed by atoms with Crippen LogP contribution < -0.4 is 4.74 Å². The first-order valence-electron chi connectivity index (χ1n) is 10.6. The number of likely N-dealkylation sites (tertiary alicyclic amines) is 1. The lowest BCUT2D eigenvalue weighted by molar-refractivity contribution is -0.202. The number of ether oxygens (including phenoxy) is 3. The first-order chi connectivity index (χ1) is 15.2. The molecule has 8 heteroatoms. The number of piperidine rings is 1. The summed E-state index contributed by atoms with van der Waals surface area (Å²) in [6.45, 7) is 4.03. The van der Waals surface area contributed by atoms with E-state index >= 15 is 0 Å². The lowest BCUT2D eigenvalue weighted by Gasteiger charge is -2.41. The fourth-order valence-corrected chi connectivity index (χ4v) is 4.25. The van der Waals surface area contributed by atoms with E-state index in [0.29, 0.717) is 50.5 Å². The van der Waals surface area contributed by atoms with Gasteiger partial charge in [0.05, 0.1) is 18.8 Å². The van der Waals surface area contributed by atoms with Crippen molar-refractivity contribution in [3.05, 3.63) is 64.7 Å². The molecule has 1 amide bonds. The summed E-state index contributed by atoms with van der Waals surface area (Å²) in [5.74, 6) is 0.366. The Morgan fingerprint density at radius 1 is 1.09 bits per heavy atom. The third-order valence-corrected chi connectivity index (χ3v) is 6.24. The highest BCUT2D eigenvalue weighted by molar-refractivity contribution is 5.94. The SMILES string of the molecule is COC1(c2ccc(C(=O)N3CCC(Oc4ccc(C(F)(F)F)cc4)CC3)cc2C)COC1. The molecule has 0 aromatic heterocycles. The number of alkyl halides is 3. The van der Waals surface area contributed by atoms with Crippen LogP contribution in [0.5, 0.6) is 5.75 Å². The average Bonchev–Trinajstić information content (AvgIpc) is 2.74. The number of halogens is 3. The van der Waals surface area contributed by atoms with E-state index in [1.54, 1.807) is 12.0 Å². The van der Waals surface area contributed by atoms with Crippen molar-refractivity contribution >= 4 is 5.91 Å². The molecule has 2 fully saturated rings. The highest BCUT2D eigenvalue weighted by atomic mass is 19.4. The normalized spacial score (nSPS) is 18.8. The van der Waals surface area contributed by atoms with Gasteiger partial charge >= 0.3 is 6.18 Å². The van der Waals surface area contributed by atoms with Crippen LogP contribution in [-0.2, 0) is 21.3 Å². The summed E-state index contributed by atoms with van der Waals surface area (Å²) in [5.41, 5.74) is 1.51. The van der Waals surface area contributed by atoms with E-state index in [-0.39, 0.29) is 12.0 Å². The Hall–Kier alpha value is -2.58. The van der Waals surface area contributed by atoms with Crippen molar-refractivity contribution in [3.63, 3.8) is 0 Å². The number of carbonyl (C=O) groups is 1. The van der Waals surface area contributed by atoms with Crippen LogP contribution in [0.2, 0.25) is 0 Å². The molecule has 0 radical (unpaired) electrons. The standard InChI is InChI=1S/C24H26F3NO4/c1-16-13-17(3-8-21(16)23(30-2)14-31-15-23)22(29)28-11-9-20(10-12-28)32-19-6-4-18(5-7-19)24(25,26)27/h3-8,13,20H,9-12,14-15H2,1-2H3. The summed E-state index contributed by atoms with van der Waals surface area (Å²) in [6.07, 6.45) is -3.27. The maximum Gasteiger partial charge on any atom is 0.416 e. The molecule has 2 saturated heterocycles. The van der Waals surface area contributed by atoms with Crippen molar-refractivity contribution in [1.29, 1.82) is 0 Å². The summed E-state index contributed by atoms with van der Waals surface area (Å²) in [7, 11) is 1.66. The molecule has 0 bridgehead atoms. The van der Waals surface area contributed by atoms with Crippen LogP contribution >= 0.6 is 0 Å². The van der Waals surface area contributed by atoms with Crippen LogP contribution in [0, 0.1) is 6.92 Å². The van der Waals surface area contributed by atoms with E-state index in [9.17, 15) is 18.0 Å². The molecule has 172 valence electrons. The molecule has 2 aliphatic heterocycles. The summed E-state index contributed by atoms with van der Waals surface area (Å²) in [4.78, 5) is 14.8. The van der Waals surface area contributed by atoms with E-state index in [0.717, 1.165) is 23.3 Å². The molecule has 0 spiro atoms. The van der Waals surface area contributed by atoms with E-state index in [4.69, 9.17) is 14.2 Å². The van der Waals surface area contributed by atoms with Gasteiger partial charge in [0.2, 0.25) is 0 Å². The molecule has 2 aromatic rings. The van der Waals surface area contributed by atoms with Gasteiger partial charge in [0.25, 0.3) is 5.91 Å².